The van der Waals surface area contributed by atoms with Gasteiger partial charge >= 0.3 is 0 Å². The Morgan fingerprint density at radius 1 is 1.08 bits per heavy atom. The van der Waals surface area contributed by atoms with Crippen molar-refractivity contribution < 1.29 is 28.9 Å². The third-order valence-electron chi connectivity index (χ3n) is 6.68. The number of nitrogens with one attached hydrogen (secondary N) is 3. The van der Waals surface area contributed by atoms with E-state index in [1.54, 1.807) is 20.3 Å². The molecule has 3 rings (SSSR count). The molecule has 39 heavy (non-hydrogen) atoms. The van der Waals surface area contributed by atoms with Crippen LogP contribution in [0.25, 0.3) is 11.1 Å². The zero-order valence-corrected chi connectivity index (χ0v) is 23.5. The van der Waals surface area contributed by atoms with Crippen LogP contribution in [0.1, 0.15) is 50.8 Å². The van der Waals surface area contributed by atoms with Gasteiger partial charge in [-0.1, -0.05) is 19.9 Å². The van der Waals surface area contributed by atoms with E-state index < -0.39 is 12.1 Å². The molecular formula is C29H39N3O7. The third kappa shape index (κ3) is 6.81. The maximum Gasteiger partial charge on any atom is 0.242 e. The molecular weight excluding hydrogens is 502 g/mol. The molecule has 2 aromatic carbocycles. The van der Waals surface area contributed by atoms with Gasteiger partial charge in [0.2, 0.25) is 23.0 Å². The normalized spacial score (nSPS) is 14.8. The minimum atomic E-state index is -0.677. The first-order valence-electron chi connectivity index (χ1n) is 13.1. The van der Waals surface area contributed by atoms with Crippen LogP contribution in [0.3, 0.4) is 0 Å². The Bertz CT molecular complexity index is 1260. The lowest BCUT2D eigenvalue weighted by Crippen LogP contribution is -2.42. The molecule has 0 unspecified atom stereocenters. The number of aliphatic hydroxyl groups excluding tert-OH is 1. The third-order valence-corrected chi connectivity index (χ3v) is 6.68. The molecule has 1 aliphatic rings. The second kappa shape index (κ2) is 13.3. The summed E-state index contributed by atoms with van der Waals surface area (Å²) in [6.45, 7) is 5.36. The van der Waals surface area contributed by atoms with E-state index in [1.807, 2.05) is 26.0 Å². The van der Waals surface area contributed by atoms with Gasteiger partial charge in [0, 0.05) is 19.0 Å². The molecule has 2 amide bonds. The first kappa shape index (κ1) is 29.8. The largest absolute Gasteiger partial charge is 0.493 e. The Morgan fingerprint density at radius 3 is 2.38 bits per heavy atom. The summed E-state index contributed by atoms with van der Waals surface area (Å²) < 4.78 is 17.0. The second-order valence-corrected chi connectivity index (χ2v) is 9.94. The van der Waals surface area contributed by atoms with Crippen molar-refractivity contribution in [1.82, 2.24) is 10.6 Å². The standard InChI is InChI=1S/C29H39N3O7/c1-16(2)13-23(29(36)30-11-12-33)32-22-10-8-19-20(15-24(22)35)21(31-17(3)34)9-7-18-14-25(37-4)27(38-5)28(39-6)26(18)19/h8,10,14-16,21,23,33H,7,9,11-13H2,1-6H3,(H,30,36)(H,31,34)(H,32,35)/t21-,23-/m0/s1. The van der Waals surface area contributed by atoms with Crippen molar-refractivity contribution in [3.63, 3.8) is 0 Å². The van der Waals surface area contributed by atoms with Gasteiger partial charge in [-0.15, -0.1) is 0 Å². The molecule has 4 N–H and O–H groups in total. The van der Waals surface area contributed by atoms with E-state index >= 15 is 0 Å². The maximum absolute atomic E-state index is 13.6. The number of methoxy groups -OCH3 is 3. The molecule has 0 spiro atoms. The van der Waals surface area contributed by atoms with E-state index in [-0.39, 0.29) is 42.0 Å². The molecule has 0 saturated carbocycles. The van der Waals surface area contributed by atoms with E-state index in [9.17, 15) is 14.4 Å². The number of amides is 2. The van der Waals surface area contributed by atoms with E-state index in [1.165, 1.54) is 20.1 Å². The van der Waals surface area contributed by atoms with Crippen molar-refractivity contribution in [2.45, 2.75) is 52.1 Å². The first-order chi connectivity index (χ1) is 18.6. The fourth-order valence-corrected chi connectivity index (χ4v) is 5.02. The summed E-state index contributed by atoms with van der Waals surface area (Å²) in [7, 11) is 4.63. The molecule has 0 aliphatic heterocycles. The summed E-state index contributed by atoms with van der Waals surface area (Å²) in [5, 5.41) is 17.9. The summed E-state index contributed by atoms with van der Waals surface area (Å²) in [6.07, 6.45) is 1.62. The summed E-state index contributed by atoms with van der Waals surface area (Å²) in [6, 6.07) is 5.77. The number of anilines is 1. The number of benzene rings is 1. The SMILES string of the molecule is COc1cc2c(c(OC)c1OC)-c1ccc(N[C@@H](CC(C)C)C(=O)NCCO)c(=O)cc1[C@@H](NC(C)=O)CC2. The van der Waals surface area contributed by atoms with Gasteiger partial charge in [-0.3, -0.25) is 14.4 Å². The molecule has 1 aliphatic carbocycles. The van der Waals surface area contributed by atoms with Gasteiger partial charge < -0.3 is 35.3 Å². The molecule has 0 heterocycles. The number of carbonyl (C=O) groups is 2. The zero-order valence-electron chi connectivity index (χ0n) is 23.5. The lowest BCUT2D eigenvalue weighted by molar-refractivity contribution is -0.122. The van der Waals surface area contributed by atoms with Crippen molar-refractivity contribution in [3.05, 3.63) is 45.6 Å². The number of fused-ring (bicyclic) bond motifs is 3. The van der Waals surface area contributed by atoms with Crippen molar-refractivity contribution >= 4 is 17.5 Å². The summed E-state index contributed by atoms with van der Waals surface area (Å²) >= 11 is 0. The highest BCUT2D eigenvalue weighted by Gasteiger charge is 2.30. The molecule has 0 aromatic heterocycles. The van der Waals surface area contributed by atoms with Crippen molar-refractivity contribution in [3.8, 4) is 28.4 Å². The van der Waals surface area contributed by atoms with Crippen LogP contribution in [0.4, 0.5) is 5.69 Å². The van der Waals surface area contributed by atoms with Crippen molar-refractivity contribution in [1.29, 1.82) is 0 Å². The van der Waals surface area contributed by atoms with E-state index in [0.717, 1.165) is 11.1 Å². The molecule has 212 valence electrons. The van der Waals surface area contributed by atoms with Crippen molar-refractivity contribution in [2.75, 3.05) is 39.8 Å². The molecule has 0 radical (unpaired) electrons. The minimum absolute atomic E-state index is 0.122. The highest BCUT2D eigenvalue weighted by atomic mass is 16.5. The van der Waals surface area contributed by atoms with Gasteiger partial charge in [0.1, 0.15) is 6.04 Å². The molecule has 2 aromatic rings. The summed E-state index contributed by atoms with van der Waals surface area (Å²) in [4.78, 5) is 38.5. The number of aliphatic hydroxyl groups is 1. The molecule has 10 heteroatoms. The van der Waals surface area contributed by atoms with Crippen LogP contribution < -0.4 is 35.6 Å². The number of ether oxygens (including phenoxy) is 3. The van der Waals surface area contributed by atoms with Gasteiger partial charge in [-0.2, -0.15) is 0 Å². The van der Waals surface area contributed by atoms with E-state index in [4.69, 9.17) is 19.3 Å². The molecule has 0 saturated heterocycles. The quantitative estimate of drug-likeness (QED) is 0.341. The predicted molar refractivity (Wildman–Crippen MR) is 150 cm³/mol. The smallest absolute Gasteiger partial charge is 0.242 e. The minimum Gasteiger partial charge on any atom is -0.493 e. The predicted octanol–water partition coefficient (Wildman–Crippen LogP) is 2.80. The van der Waals surface area contributed by atoms with Gasteiger partial charge in [-0.25, -0.2) is 0 Å². The molecule has 0 fully saturated rings. The van der Waals surface area contributed by atoms with Crippen LogP contribution in [0.2, 0.25) is 0 Å². The van der Waals surface area contributed by atoms with Crippen LogP contribution in [-0.4, -0.2) is 57.4 Å². The number of aryl methyl sites for hydroxylation is 1. The van der Waals surface area contributed by atoms with Crippen LogP contribution in [0.15, 0.2) is 29.1 Å². The average molecular weight is 542 g/mol. The zero-order chi connectivity index (χ0) is 28.7. The fourth-order valence-electron chi connectivity index (χ4n) is 5.02. The number of carbonyl (C=O) groups excluding carboxylic acids is 2. The van der Waals surface area contributed by atoms with Crippen LogP contribution in [0.5, 0.6) is 17.2 Å². The van der Waals surface area contributed by atoms with Gasteiger partial charge in [0.15, 0.2) is 11.5 Å². The average Bonchev–Trinajstić information content (AvgIpc) is 3.14. The lowest BCUT2D eigenvalue weighted by atomic mass is 9.95. The fraction of sp³-hybridized carbons (Fsp3) is 0.483. The molecule has 2 atom stereocenters. The Hall–Kier alpha value is -3.79. The lowest BCUT2D eigenvalue weighted by Gasteiger charge is -2.20. The first-order valence-corrected chi connectivity index (χ1v) is 13.1. The number of rotatable bonds is 11. The van der Waals surface area contributed by atoms with Crippen LogP contribution in [-0.2, 0) is 16.0 Å². The second-order valence-electron chi connectivity index (χ2n) is 9.94. The van der Waals surface area contributed by atoms with Crippen LogP contribution in [0, 0.1) is 5.92 Å². The topological polar surface area (TPSA) is 135 Å². The monoisotopic (exact) mass is 541 g/mol. The van der Waals surface area contributed by atoms with E-state index in [2.05, 4.69) is 16.0 Å². The Labute approximate surface area is 229 Å². The van der Waals surface area contributed by atoms with Gasteiger partial charge in [0.05, 0.1) is 39.7 Å². The van der Waals surface area contributed by atoms with Gasteiger partial charge in [-0.05, 0) is 60.1 Å². The van der Waals surface area contributed by atoms with Crippen molar-refractivity contribution in [2.24, 2.45) is 5.92 Å². The van der Waals surface area contributed by atoms with Gasteiger partial charge in [0.25, 0.3) is 0 Å². The number of hydrogen-bond donors (Lipinski definition) is 4. The Kier molecular flexibility index (Phi) is 10.2. The summed E-state index contributed by atoms with van der Waals surface area (Å²) in [5.74, 6) is 1.07. The Morgan fingerprint density at radius 2 is 1.79 bits per heavy atom. The van der Waals surface area contributed by atoms with E-state index in [0.29, 0.717) is 47.6 Å². The number of hydrogen-bond acceptors (Lipinski definition) is 8. The molecule has 10 nitrogen and oxygen atoms in total. The molecule has 0 bridgehead atoms. The maximum atomic E-state index is 13.6. The highest BCUT2D eigenvalue weighted by molar-refractivity contribution is 5.86. The van der Waals surface area contributed by atoms with Crippen LogP contribution >= 0.6 is 0 Å². The summed E-state index contributed by atoms with van der Waals surface area (Å²) in [5.41, 5.74) is 2.94. The highest BCUT2D eigenvalue weighted by Crippen LogP contribution is 2.50. The Balaban J connectivity index is 2.24.